The Labute approximate surface area is 142 Å². The summed E-state index contributed by atoms with van der Waals surface area (Å²) in [7, 11) is 0. The number of rotatable bonds is 3. The minimum absolute atomic E-state index is 0.0387. The number of thiazole rings is 1. The average Bonchev–Trinajstić information content (AvgIpc) is 3.28. The lowest BCUT2D eigenvalue weighted by Gasteiger charge is -2.33. The third kappa shape index (κ3) is 2.74. The summed E-state index contributed by atoms with van der Waals surface area (Å²) in [6.07, 6.45) is 0. The van der Waals surface area contributed by atoms with Crippen molar-refractivity contribution >= 4 is 34.4 Å². The van der Waals surface area contributed by atoms with Crippen LogP contribution in [0.1, 0.15) is 15.5 Å². The lowest BCUT2D eigenvalue weighted by atomic mass is 10.3. The summed E-state index contributed by atoms with van der Waals surface area (Å²) in [4.78, 5) is 25.1. The zero-order valence-electron chi connectivity index (χ0n) is 13.0. The average molecular weight is 343 g/mol. The molecule has 0 bridgehead atoms. The third-order valence-corrected chi connectivity index (χ3v) is 4.94. The minimum Gasteiger partial charge on any atom is -0.423 e. The summed E-state index contributed by atoms with van der Waals surface area (Å²) >= 11 is 1.42. The van der Waals surface area contributed by atoms with E-state index in [1.54, 1.807) is 5.38 Å². The van der Waals surface area contributed by atoms with Gasteiger partial charge in [0.05, 0.1) is 0 Å². The molecule has 1 amide bonds. The largest absolute Gasteiger partial charge is 0.423 e. The molecule has 0 saturated carbocycles. The van der Waals surface area contributed by atoms with E-state index in [1.165, 1.54) is 11.3 Å². The van der Waals surface area contributed by atoms with Crippen molar-refractivity contribution in [2.45, 2.75) is 6.54 Å². The zero-order chi connectivity index (χ0) is 16.5. The molecule has 4 rings (SSSR count). The monoisotopic (exact) mass is 343 g/mol. The second-order valence-electron chi connectivity index (χ2n) is 5.57. The van der Waals surface area contributed by atoms with Crippen LogP contribution in [0, 0.1) is 0 Å². The van der Waals surface area contributed by atoms with Crippen molar-refractivity contribution in [3.8, 4) is 0 Å². The van der Waals surface area contributed by atoms with Crippen molar-refractivity contribution in [3.63, 3.8) is 0 Å². The number of carbonyl (C=O) groups is 1. The molecule has 1 aliphatic heterocycles. The summed E-state index contributed by atoms with van der Waals surface area (Å²) in [6.45, 7) is 2.97. The zero-order valence-corrected chi connectivity index (χ0v) is 13.8. The maximum Gasteiger partial charge on any atom is 0.298 e. The van der Waals surface area contributed by atoms with Crippen LogP contribution in [0.3, 0.4) is 0 Å². The van der Waals surface area contributed by atoms with Crippen molar-refractivity contribution in [2.24, 2.45) is 5.73 Å². The van der Waals surface area contributed by atoms with Gasteiger partial charge in [-0.2, -0.15) is 4.98 Å². The Balaban J connectivity index is 1.43. The van der Waals surface area contributed by atoms with Crippen LogP contribution in [0.4, 0.5) is 6.01 Å². The fourth-order valence-corrected chi connectivity index (χ4v) is 3.41. The number of carbonyl (C=O) groups excluding carboxylic acids is 1. The number of para-hydroxylation sites is 2. The van der Waals surface area contributed by atoms with Crippen molar-refractivity contribution in [1.29, 1.82) is 0 Å². The first-order chi connectivity index (χ1) is 11.7. The first-order valence-electron chi connectivity index (χ1n) is 7.79. The summed E-state index contributed by atoms with van der Waals surface area (Å²) in [6, 6.07) is 8.32. The second-order valence-corrected chi connectivity index (χ2v) is 6.52. The number of fused-ring (bicyclic) bond motifs is 1. The molecule has 3 aromatic rings. The first kappa shape index (κ1) is 15.1. The summed E-state index contributed by atoms with van der Waals surface area (Å²) in [5.41, 5.74) is 7.67. The number of hydrogen-bond donors (Lipinski definition) is 1. The van der Waals surface area contributed by atoms with Crippen LogP contribution in [-0.2, 0) is 6.54 Å². The number of benzene rings is 1. The second kappa shape index (κ2) is 6.21. The maximum absolute atomic E-state index is 12.5. The van der Waals surface area contributed by atoms with Crippen molar-refractivity contribution in [2.75, 3.05) is 31.1 Å². The van der Waals surface area contributed by atoms with Crippen LogP contribution in [-0.4, -0.2) is 47.0 Å². The van der Waals surface area contributed by atoms with E-state index < -0.39 is 0 Å². The molecule has 0 unspecified atom stereocenters. The first-order valence-corrected chi connectivity index (χ1v) is 8.67. The smallest absolute Gasteiger partial charge is 0.298 e. The van der Waals surface area contributed by atoms with Gasteiger partial charge in [-0.05, 0) is 12.1 Å². The summed E-state index contributed by atoms with van der Waals surface area (Å²) in [5, 5.41) is 2.56. The molecule has 24 heavy (non-hydrogen) atoms. The van der Waals surface area contributed by atoms with E-state index in [1.807, 2.05) is 29.2 Å². The quantitative estimate of drug-likeness (QED) is 0.779. The molecule has 0 radical (unpaired) electrons. The number of hydrogen-bond acceptors (Lipinski definition) is 7. The van der Waals surface area contributed by atoms with E-state index >= 15 is 0 Å². The van der Waals surface area contributed by atoms with Gasteiger partial charge in [0.1, 0.15) is 16.2 Å². The number of oxazole rings is 1. The molecule has 1 aliphatic rings. The highest BCUT2D eigenvalue weighted by Gasteiger charge is 2.25. The van der Waals surface area contributed by atoms with Crippen LogP contribution >= 0.6 is 11.3 Å². The SMILES string of the molecule is NCc1nc(C(=O)N2CCN(c3nc4ccccc4o3)CC2)cs1. The van der Waals surface area contributed by atoms with Crippen molar-refractivity contribution in [3.05, 3.63) is 40.3 Å². The van der Waals surface area contributed by atoms with Crippen molar-refractivity contribution in [1.82, 2.24) is 14.9 Å². The highest BCUT2D eigenvalue weighted by atomic mass is 32.1. The van der Waals surface area contributed by atoms with Gasteiger partial charge in [0.2, 0.25) is 0 Å². The van der Waals surface area contributed by atoms with E-state index in [9.17, 15) is 4.79 Å². The number of nitrogens with two attached hydrogens (primary N) is 1. The highest BCUT2D eigenvalue weighted by Crippen LogP contribution is 2.23. The molecular formula is C16H17N5O2S. The Morgan fingerprint density at radius 2 is 2.00 bits per heavy atom. The molecule has 7 nitrogen and oxygen atoms in total. The van der Waals surface area contributed by atoms with Gasteiger partial charge in [-0.25, -0.2) is 4.98 Å². The van der Waals surface area contributed by atoms with Gasteiger partial charge >= 0.3 is 0 Å². The predicted octanol–water partition coefficient (Wildman–Crippen LogP) is 1.71. The van der Waals surface area contributed by atoms with Crippen LogP contribution in [0.5, 0.6) is 0 Å². The lowest BCUT2D eigenvalue weighted by molar-refractivity contribution is 0.0740. The van der Waals surface area contributed by atoms with Gasteiger partial charge in [0.25, 0.3) is 11.9 Å². The normalized spacial score (nSPS) is 15.2. The number of amides is 1. The van der Waals surface area contributed by atoms with E-state index in [0.717, 1.165) is 16.1 Å². The fourth-order valence-electron chi connectivity index (χ4n) is 2.76. The molecule has 0 aliphatic carbocycles. The standard InChI is InChI=1S/C16H17N5O2S/c17-9-14-18-12(10-24-14)15(22)20-5-7-21(8-6-20)16-19-11-3-1-2-4-13(11)23-16/h1-4,10H,5-9,17H2. The molecule has 2 N–H and O–H groups in total. The van der Waals surface area contributed by atoms with E-state index in [0.29, 0.717) is 44.4 Å². The molecule has 1 saturated heterocycles. The van der Waals surface area contributed by atoms with Gasteiger partial charge in [-0.1, -0.05) is 12.1 Å². The Hall–Kier alpha value is -2.45. The number of nitrogens with zero attached hydrogens (tertiary/aromatic N) is 4. The molecule has 1 fully saturated rings. The van der Waals surface area contributed by atoms with E-state index in [4.69, 9.17) is 10.2 Å². The maximum atomic E-state index is 12.5. The number of aromatic nitrogens is 2. The van der Waals surface area contributed by atoms with Gasteiger partial charge in [-0.15, -0.1) is 11.3 Å². The van der Waals surface area contributed by atoms with Gasteiger partial charge in [0, 0.05) is 38.1 Å². The van der Waals surface area contributed by atoms with E-state index in [-0.39, 0.29) is 5.91 Å². The Morgan fingerprint density at radius 1 is 1.21 bits per heavy atom. The summed E-state index contributed by atoms with van der Waals surface area (Å²) < 4.78 is 5.79. The molecule has 1 aromatic carbocycles. The topological polar surface area (TPSA) is 88.5 Å². The molecule has 0 spiro atoms. The Bertz CT molecular complexity index is 833. The predicted molar refractivity (Wildman–Crippen MR) is 92.1 cm³/mol. The van der Waals surface area contributed by atoms with Crippen LogP contribution < -0.4 is 10.6 Å². The van der Waals surface area contributed by atoms with Crippen LogP contribution in [0.25, 0.3) is 11.1 Å². The fraction of sp³-hybridized carbons (Fsp3) is 0.312. The lowest BCUT2D eigenvalue weighted by Crippen LogP contribution is -2.49. The molecule has 3 heterocycles. The number of anilines is 1. The summed E-state index contributed by atoms with van der Waals surface area (Å²) in [5.74, 6) is -0.0387. The van der Waals surface area contributed by atoms with E-state index in [2.05, 4.69) is 14.9 Å². The van der Waals surface area contributed by atoms with Gasteiger partial charge in [0.15, 0.2) is 5.58 Å². The molecule has 0 atom stereocenters. The van der Waals surface area contributed by atoms with Gasteiger partial charge < -0.3 is 20.0 Å². The Morgan fingerprint density at radius 3 is 2.71 bits per heavy atom. The number of piperazine rings is 1. The molecule has 2 aromatic heterocycles. The molecule has 124 valence electrons. The van der Waals surface area contributed by atoms with Crippen LogP contribution in [0.2, 0.25) is 0 Å². The minimum atomic E-state index is -0.0387. The van der Waals surface area contributed by atoms with Crippen LogP contribution in [0.15, 0.2) is 34.1 Å². The van der Waals surface area contributed by atoms with Crippen molar-refractivity contribution < 1.29 is 9.21 Å². The Kier molecular flexibility index (Phi) is 3.91. The van der Waals surface area contributed by atoms with Gasteiger partial charge in [-0.3, -0.25) is 4.79 Å². The third-order valence-electron chi connectivity index (χ3n) is 4.07. The highest BCUT2D eigenvalue weighted by molar-refractivity contribution is 7.09. The molecular weight excluding hydrogens is 326 g/mol. The molecule has 8 heteroatoms.